The normalized spacial score (nSPS) is 10.7. The third-order valence-corrected chi connectivity index (χ3v) is 4.24. The van der Waals surface area contributed by atoms with Gasteiger partial charge in [0.1, 0.15) is 5.82 Å². The number of nitrogens with zero attached hydrogens (tertiary/aromatic N) is 2. The monoisotopic (exact) mass is 359 g/mol. The number of halogens is 1. The van der Waals surface area contributed by atoms with Crippen LogP contribution in [-0.2, 0) is 0 Å². The van der Waals surface area contributed by atoms with E-state index in [0.717, 1.165) is 16.7 Å². The lowest BCUT2D eigenvalue weighted by Crippen LogP contribution is -2.09. The molecule has 4 nitrogen and oxygen atoms in total. The van der Waals surface area contributed by atoms with E-state index in [0.29, 0.717) is 22.2 Å². The van der Waals surface area contributed by atoms with Crippen LogP contribution in [0.4, 0.5) is 0 Å². The van der Waals surface area contributed by atoms with Gasteiger partial charge >= 0.3 is 0 Å². The van der Waals surface area contributed by atoms with Crippen molar-refractivity contribution in [1.82, 2.24) is 15.0 Å². The lowest BCUT2D eigenvalue weighted by molar-refractivity contribution is 1.12. The molecule has 4 aromatic rings. The van der Waals surface area contributed by atoms with E-state index in [4.69, 9.17) is 11.6 Å². The molecule has 0 bridgehead atoms. The first-order chi connectivity index (χ1) is 12.7. The molecule has 0 unspecified atom stereocenters. The number of benzene rings is 2. The van der Waals surface area contributed by atoms with Gasteiger partial charge in [-0.3, -0.25) is 9.78 Å². The van der Waals surface area contributed by atoms with Gasteiger partial charge in [0.15, 0.2) is 0 Å². The highest BCUT2D eigenvalue weighted by molar-refractivity contribution is 6.30. The summed E-state index contributed by atoms with van der Waals surface area (Å²) in [6.07, 6.45) is 1.55. The summed E-state index contributed by atoms with van der Waals surface area (Å²) in [6, 6.07) is 22.9. The van der Waals surface area contributed by atoms with E-state index in [9.17, 15) is 4.79 Å². The fraction of sp³-hybridized carbons (Fsp3) is 0. The first-order valence-electron chi connectivity index (χ1n) is 8.08. The first kappa shape index (κ1) is 16.2. The van der Waals surface area contributed by atoms with Crippen molar-refractivity contribution in [2.24, 2.45) is 0 Å². The Kier molecular flexibility index (Phi) is 4.33. The van der Waals surface area contributed by atoms with Crippen molar-refractivity contribution >= 4 is 11.6 Å². The van der Waals surface area contributed by atoms with E-state index in [2.05, 4.69) is 27.1 Å². The lowest BCUT2D eigenvalue weighted by Gasteiger charge is -2.07. The van der Waals surface area contributed by atoms with Crippen molar-refractivity contribution in [1.29, 1.82) is 0 Å². The summed E-state index contributed by atoms with van der Waals surface area (Å²) < 4.78 is 0. The van der Waals surface area contributed by atoms with Crippen LogP contribution in [0.25, 0.3) is 33.9 Å². The topological polar surface area (TPSA) is 58.6 Å². The number of rotatable bonds is 3. The van der Waals surface area contributed by atoms with E-state index in [-0.39, 0.29) is 5.56 Å². The molecule has 0 spiro atoms. The van der Waals surface area contributed by atoms with Crippen molar-refractivity contribution in [2.75, 3.05) is 0 Å². The van der Waals surface area contributed by atoms with E-state index in [1.807, 2.05) is 42.5 Å². The zero-order valence-corrected chi connectivity index (χ0v) is 14.4. The van der Waals surface area contributed by atoms with Crippen molar-refractivity contribution in [3.63, 3.8) is 0 Å². The summed E-state index contributed by atoms with van der Waals surface area (Å²) in [5.74, 6) is 0.504. The molecule has 5 heteroatoms. The van der Waals surface area contributed by atoms with E-state index >= 15 is 0 Å². The molecular weight excluding hydrogens is 346 g/mol. The summed E-state index contributed by atoms with van der Waals surface area (Å²) in [4.78, 5) is 23.5. The fourth-order valence-electron chi connectivity index (χ4n) is 2.72. The van der Waals surface area contributed by atoms with Crippen LogP contribution in [0.3, 0.4) is 0 Å². The Hall–Kier alpha value is -3.24. The van der Waals surface area contributed by atoms with Gasteiger partial charge in [-0.05, 0) is 23.3 Å². The number of pyridine rings is 1. The summed E-state index contributed by atoms with van der Waals surface area (Å²) in [7, 11) is 0. The highest BCUT2D eigenvalue weighted by atomic mass is 35.5. The zero-order chi connectivity index (χ0) is 17.9. The second-order valence-corrected chi connectivity index (χ2v) is 6.22. The second-order valence-electron chi connectivity index (χ2n) is 5.79. The molecular formula is C21H14ClN3O. The minimum absolute atomic E-state index is 0.322. The van der Waals surface area contributed by atoms with Crippen LogP contribution in [-0.4, -0.2) is 15.0 Å². The molecule has 0 radical (unpaired) electrons. The van der Waals surface area contributed by atoms with Crippen molar-refractivity contribution < 1.29 is 0 Å². The molecule has 0 atom stereocenters. The Bertz CT molecular complexity index is 1090. The average molecular weight is 360 g/mol. The molecule has 26 heavy (non-hydrogen) atoms. The Morgan fingerprint density at radius 3 is 2.19 bits per heavy atom. The predicted molar refractivity (Wildman–Crippen MR) is 104 cm³/mol. The molecule has 2 heterocycles. The maximum Gasteiger partial charge on any atom is 0.273 e. The molecule has 0 aliphatic heterocycles. The van der Waals surface area contributed by atoms with Crippen LogP contribution >= 0.6 is 11.6 Å². The number of H-pyrrole nitrogens is 1. The Balaban J connectivity index is 1.72. The summed E-state index contributed by atoms with van der Waals surface area (Å²) in [5, 5.41) is 0.543. The summed E-state index contributed by atoms with van der Waals surface area (Å²) in [5.41, 5.74) is 3.99. The predicted octanol–water partition coefficient (Wildman–Crippen LogP) is 4.82. The lowest BCUT2D eigenvalue weighted by atomic mass is 10.0. The maximum absolute atomic E-state index is 12.0. The van der Waals surface area contributed by atoms with Crippen molar-refractivity contribution in [3.05, 3.63) is 94.4 Å². The minimum atomic E-state index is -0.322. The smallest absolute Gasteiger partial charge is 0.273 e. The second kappa shape index (κ2) is 6.94. The third kappa shape index (κ3) is 3.41. The van der Waals surface area contributed by atoms with Gasteiger partial charge in [0.2, 0.25) is 0 Å². The highest BCUT2D eigenvalue weighted by Crippen LogP contribution is 2.23. The molecule has 0 saturated carbocycles. The van der Waals surface area contributed by atoms with Gasteiger partial charge < -0.3 is 4.98 Å². The van der Waals surface area contributed by atoms with Crippen LogP contribution in [0.15, 0.2) is 83.8 Å². The van der Waals surface area contributed by atoms with Gasteiger partial charge in [-0.25, -0.2) is 0 Å². The Morgan fingerprint density at radius 1 is 0.808 bits per heavy atom. The molecule has 2 aromatic heterocycles. The molecule has 0 fully saturated rings. The minimum Gasteiger partial charge on any atom is -0.338 e. The van der Waals surface area contributed by atoms with Gasteiger partial charge in [0.25, 0.3) is 5.56 Å². The molecule has 0 saturated heterocycles. The van der Waals surface area contributed by atoms with E-state index < -0.39 is 0 Å². The highest BCUT2D eigenvalue weighted by Gasteiger charge is 2.07. The van der Waals surface area contributed by atoms with E-state index in [1.165, 1.54) is 6.07 Å². The number of aromatic nitrogens is 3. The Morgan fingerprint density at radius 2 is 1.50 bits per heavy atom. The van der Waals surface area contributed by atoms with Crippen LogP contribution < -0.4 is 5.56 Å². The fourth-order valence-corrected chi connectivity index (χ4v) is 2.83. The molecule has 0 aliphatic rings. The SMILES string of the molecule is O=c1cc(-c2ccc(Cl)cn2)[nH]c(-c2ccc(-c3ccccc3)cc2)n1. The maximum atomic E-state index is 12.0. The quantitative estimate of drug-likeness (QED) is 0.570. The number of hydrogen-bond donors (Lipinski definition) is 1. The molecule has 0 amide bonds. The van der Waals surface area contributed by atoms with Gasteiger partial charge in [-0.2, -0.15) is 4.98 Å². The van der Waals surface area contributed by atoms with Gasteiger partial charge in [0, 0.05) is 17.8 Å². The van der Waals surface area contributed by atoms with Crippen LogP contribution in [0.1, 0.15) is 0 Å². The zero-order valence-electron chi connectivity index (χ0n) is 13.7. The molecule has 2 aromatic carbocycles. The summed E-state index contributed by atoms with van der Waals surface area (Å²) >= 11 is 5.88. The first-order valence-corrected chi connectivity index (χ1v) is 8.46. The Labute approximate surface area is 155 Å². The number of nitrogens with one attached hydrogen (secondary N) is 1. The molecule has 126 valence electrons. The summed E-state index contributed by atoms with van der Waals surface area (Å²) in [6.45, 7) is 0. The molecule has 0 aliphatic carbocycles. The van der Waals surface area contributed by atoms with E-state index in [1.54, 1.807) is 18.3 Å². The van der Waals surface area contributed by atoms with Crippen molar-refractivity contribution in [2.45, 2.75) is 0 Å². The van der Waals surface area contributed by atoms with Gasteiger partial charge in [0.05, 0.1) is 16.4 Å². The average Bonchev–Trinajstić information content (AvgIpc) is 2.69. The van der Waals surface area contributed by atoms with Crippen LogP contribution in [0, 0.1) is 0 Å². The number of aromatic amines is 1. The van der Waals surface area contributed by atoms with Crippen molar-refractivity contribution in [3.8, 4) is 33.9 Å². The van der Waals surface area contributed by atoms with Gasteiger partial charge in [-0.15, -0.1) is 0 Å². The number of hydrogen-bond acceptors (Lipinski definition) is 3. The largest absolute Gasteiger partial charge is 0.338 e. The van der Waals surface area contributed by atoms with Gasteiger partial charge in [-0.1, -0.05) is 66.2 Å². The molecule has 4 rings (SSSR count). The molecule has 1 N–H and O–H groups in total. The third-order valence-electron chi connectivity index (χ3n) is 4.01. The standard InChI is InChI=1S/C21H14ClN3O/c22-17-10-11-18(23-13-17)19-12-20(26)25-21(24-19)16-8-6-15(7-9-16)14-4-2-1-3-5-14/h1-13H,(H,24,25,26). The van der Waals surface area contributed by atoms with Crippen LogP contribution in [0.5, 0.6) is 0 Å². The van der Waals surface area contributed by atoms with Crippen LogP contribution in [0.2, 0.25) is 5.02 Å².